The quantitative estimate of drug-likeness (QED) is 0.443. The minimum atomic E-state index is 0.126. The van der Waals surface area contributed by atoms with E-state index in [1.54, 1.807) is 0 Å². The Morgan fingerprint density at radius 2 is 1.91 bits per heavy atom. The standard InChI is InChI=1S/C26H32ClN3O2/c1-4-31-26-15-19(5-8-25(26)32-18(2)3)17-30-13-10-21(11-14-30)29-23-9-12-28-24-16-20(27)6-7-22(23)24/h5-9,12,15-16,18,21H,4,10-11,13-14,17H2,1-3H3,(H,28,29). The summed E-state index contributed by atoms with van der Waals surface area (Å²) < 4.78 is 11.7. The predicted octanol–water partition coefficient (Wildman–Crippen LogP) is 6.15. The van der Waals surface area contributed by atoms with Crippen molar-refractivity contribution in [3.63, 3.8) is 0 Å². The molecule has 32 heavy (non-hydrogen) atoms. The van der Waals surface area contributed by atoms with Gasteiger partial charge in [0.2, 0.25) is 0 Å². The zero-order valence-corrected chi connectivity index (χ0v) is 19.9. The van der Waals surface area contributed by atoms with E-state index in [9.17, 15) is 0 Å². The maximum Gasteiger partial charge on any atom is 0.161 e. The highest BCUT2D eigenvalue weighted by Crippen LogP contribution is 2.31. The second kappa shape index (κ2) is 10.4. The van der Waals surface area contributed by atoms with Crippen molar-refractivity contribution in [2.75, 3.05) is 25.0 Å². The molecule has 170 valence electrons. The van der Waals surface area contributed by atoms with Crippen LogP contribution in [0.15, 0.2) is 48.7 Å². The molecule has 4 rings (SSSR count). The van der Waals surface area contributed by atoms with Gasteiger partial charge in [0.1, 0.15) is 0 Å². The van der Waals surface area contributed by atoms with Gasteiger partial charge in [0.25, 0.3) is 0 Å². The fourth-order valence-corrected chi connectivity index (χ4v) is 4.40. The van der Waals surface area contributed by atoms with Gasteiger partial charge in [0.05, 0.1) is 18.2 Å². The summed E-state index contributed by atoms with van der Waals surface area (Å²) in [7, 11) is 0. The van der Waals surface area contributed by atoms with Crippen molar-refractivity contribution in [3.05, 3.63) is 59.2 Å². The summed E-state index contributed by atoms with van der Waals surface area (Å²) in [6.07, 6.45) is 4.17. The summed E-state index contributed by atoms with van der Waals surface area (Å²) in [4.78, 5) is 6.96. The molecule has 0 amide bonds. The molecule has 0 atom stereocenters. The lowest BCUT2D eigenvalue weighted by Gasteiger charge is -2.33. The topological polar surface area (TPSA) is 46.6 Å². The number of nitrogens with one attached hydrogen (secondary N) is 1. The SMILES string of the molecule is CCOc1cc(CN2CCC(Nc3ccnc4cc(Cl)ccc34)CC2)ccc1OC(C)C. The van der Waals surface area contributed by atoms with Crippen molar-refractivity contribution < 1.29 is 9.47 Å². The van der Waals surface area contributed by atoms with Crippen molar-refractivity contribution in [1.82, 2.24) is 9.88 Å². The molecule has 2 aromatic carbocycles. The molecule has 1 N–H and O–H groups in total. The number of benzene rings is 2. The molecule has 0 saturated carbocycles. The van der Waals surface area contributed by atoms with Crippen LogP contribution in [0.4, 0.5) is 5.69 Å². The number of piperidine rings is 1. The van der Waals surface area contributed by atoms with Crippen LogP contribution in [-0.4, -0.2) is 41.7 Å². The van der Waals surface area contributed by atoms with Crippen LogP contribution in [-0.2, 0) is 6.54 Å². The van der Waals surface area contributed by atoms with Crippen LogP contribution >= 0.6 is 11.6 Å². The predicted molar refractivity (Wildman–Crippen MR) is 132 cm³/mol. The first-order valence-corrected chi connectivity index (χ1v) is 11.8. The van der Waals surface area contributed by atoms with E-state index in [0.717, 1.165) is 60.6 Å². The molecule has 5 nitrogen and oxygen atoms in total. The molecule has 0 spiro atoms. The number of nitrogens with zero attached hydrogens (tertiary/aromatic N) is 2. The monoisotopic (exact) mass is 453 g/mol. The van der Waals surface area contributed by atoms with Gasteiger partial charge in [-0.25, -0.2) is 0 Å². The molecule has 0 aliphatic carbocycles. The van der Waals surface area contributed by atoms with Crippen LogP contribution in [0, 0.1) is 0 Å². The second-order valence-corrected chi connectivity index (χ2v) is 9.03. The zero-order valence-electron chi connectivity index (χ0n) is 19.1. The minimum Gasteiger partial charge on any atom is -0.490 e. The van der Waals surface area contributed by atoms with Crippen LogP contribution in [0.3, 0.4) is 0 Å². The number of pyridine rings is 1. The smallest absolute Gasteiger partial charge is 0.161 e. The van der Waals surface area contributed by atoms with Crippen molar-refractivity contribution in [1.29, 1.82) is 0 Å². The van der Waals surface area contributed by atoms with Crippen molar-refractivity contribution >= 4 is 28.2 Å². The Bertz CT molecular complexity index is 1050. The highest BCUT2D eigenvalue weighted by Gasteiger charge is 2.20. The van der Waals surface area contributed by atoms with Gasteiger partial charge in [-0.3, -0.25) is 9.88 Å². The number of aromatic nitrogens is 1. The van der Waals surface area contributed by atoms with E-state index in [0.29, 0.717) is 17.7 Å². The Hall–Kier alpha value is -2.50. The van der Waals surface area contributed by atoms with Gasteiger partial charge in [-0.2, -0.15) is 0 Å². The first-order valence-electron chi connectivity index (χ1n) is 11.5. The fourth-order valence-electron chi connectivity index (χ4n) is 4.23. The average Bonchev–Trinajstić information content (AvgIpc) is 2.77. The average molecular weight is 454 g/mol. The van der Waals surface area contributed by atoms with E-state index in [1.807, 2.05) is 51.2 Å². The van der Waals surface area contributed by atoms with E-state index in [4.69, 9.17) is 21.1 Å². The minimum absolute atomic E-state index is 0.126. The summed E-state index contributed by atoms with van der Waals surface area (Å²) in [5, 5.41) is 5.56. The number of likely N-dealkylation sites (tertiary alicyclic amines) is 1. The first-order chi connectivity index (χ1) is 15.5. The number of anilines is 1. The molecule has 1 saturated heterocycles. The Morgan fingerprint density at radius 1 is 1.09 bits per heavy atom. The van der Waals surface area contributed by atoms with E-state index in [-0.39, 0.29) is 6.10 Å². The zero-order chi connectivity index (χ0) is 22.5. The van der Waals surface area contributed by atoms with Crippen molar-refractivity contribution in [2.24, 2.45) is 0 Å². The van der Waals surface area contributed by atoms with Crippen LogP contribution in [0.1, 0.15) is 39.2 Å². The van der Waals surface area contributed by atoms with E-state index in [2.05, 4.69) is 33.4 Å². The van der Waals surface area contributed by atoms with Gasteiger partial charge >= 0.3 is 0 Å². The van der Waals surface area contributed by atoms with Gasteiger partial charge < -0.3 is 14.8 Å². The molecule has 1 aliphatic rings. The number of hydrogen-bond donors (Lipinski definition) is 1. The molecule has 0 bridgehead atoms. The lowest BCUT2D eigenvalue weighted by Crippen LogP contribution is -2.38. The number of rotatable bonds is 8. The highest BCUT2D eigenvalue weighted by atomic mass is 35.5. The molecular formula is C26H32ClN3O2. The van der Waals surface area contributed by atoms with Gasteiger partial charge in [0, 0.05) is 48.0 Å². The maximum atomic E-state index is 6.12. The molecule has 6 heteroatoms. The third-order valence-electron chi connectivity index (χ3n) is 5.73. The third kappa shape index (κ3) is 5.64. The molecule has 0 unspecified atom stereocenters. The van der Waals surface area contributed by atoms with Crippen LogP contribution < -0.4 is 14.8 Å². The lowest BCUT2D eigenvalue weighted by molar-refractivity contribution is 0.209. The summed E-state index contributed by atoms with van der Waals surface area (Å²) in [6.45, 7) is 9.74. The Balaban J connectivity index is 1.36. The molecule has 1 fully saturated rings. The molecule has 3 aromatic rings. The van der Waals surface area contributed by atoms with Crippen molar-refractivity contribution in [3.8, 4) is 11.5 Å². The molecule has 1 aliphatic heterocycles. The molecule has 1 aromatic heterocycles. The summed E-state index contributed by atoms with van der Waals surface area (Å²) in [5.74, 6) is 1.65. The van der Waals surface area contributed by atoms with Gasteiger partial charge in [-0.1, -0.05) is 17.7 Å². The molecule has 0 radical (unpaired) electrons. The second-order valence-electron chi connectivity index (χ2n) is 8.60. The highest BCUT2D eigenvalue weighted by molar-refractivity contribution is 6.31. The molecule has 2 heterocycles. The third-order valence-corrected chi connectivity index (χ3v) is 5.96. The fraction of sp³-hybridized carbons (Fsp3) is 0.423. The number of ether oxygens (including phenoxy) is 2. The van der Waals surface area contributed by atoms with Gasteiger partial charge in [0.15, 0.2) is 11.5 Å². The van der Waals surface area contributed by atoms with E-state index >= 15 is 0 Å². The Morgan fingerprint density at radius 3 is 2.66 bits per heavy atom. The maximum absolute atomic E-state index is 6.12. The molecular weight excluding hydrogens is 422 g/mol. The first kappa shape index (κ1) is 22.7. The lowest BCUT2D eigenvalue weighted by atomic mass is 10.0. The van der Waals surface area contributed by atoms with Gasteiger partial charge in [-0.15, -0.1) is 0 Å². The van der Waals surface area contributed by atoms with Crippen LogP contribution in [0.25, 0.3) is 10.9 Å². The largest absolute Gasteiger partial charge is 0.490 e. The summed E-state index contributed by atoms with van der Waals surface area (Å²) >= 11 is 6.12. The Labute approximate surface area is 195 Å². The summed E-state index contributed by atoms with van der Waals surface area (Å²) in [5.41, 5.74) is 3.31. The van der Waals surface area contributed by atoms with Crippen molar-refractivity contribution in [2.45, 2.75) is 52.3 Å². The normalized spacial score (nSPS) is 15.3. The number of fused-ring (bicyclic) bond motifs is 1. The Kier molecular flexibility index (Phi) is 7.38. The summed E-state index contributed by atoms with van der Waals surface area (Å²) in [6, 6.07) is 14.7. The van der Waals surface area contributed by atoms with Crippen LogP contribution in [0.5, 0.6) is 11.5 Å². The van der Waals surface area contributed by atoms with E-state index in [1.165, 1.54) is 5.56 Å². The number of hydrogen-bond acceptors (Lipinski definition) is 5. The van der Waals surface area contributed by atoms with Crippen LogP contribution in [0.2, 0.25) is 5.02 Å². The van der Waals surface area contributed by atoms with E-state index < -0.39 is 0 Å². The van der Waals surface area contributed by atoms with Gasteiger partial charge in [-0.05, 0) is 75.6 Å². The number of halogens is 1.